The largest absolute Gasteiger partial charge is 0.497 e. The Balaban J connectivity index is 1.84. The molecule has 3 rings (SSSR count). The van der Waals surface area contributed by atoms with Crippen LogP contribution in [0.1, 0.15) is 27.7 Å². The third-order valence-corrected chi connectivity index (χ3v) is 5.62. The van der Waals surface area contributed by atoms with E-state index in [0.29, 0.717) is 17.1 Å². The Bertz CT molecular complexity index is 860. The lowest BCUT2D eigenvalue weighted by Gasteiger charge is -2.29. The fraction of sp³-hybridized carbons (Fsp3) is 0.227. The van der Waals surface area contributed by atoms with Gasteiger partial charge in [0.2, 0.25) is 0 Å². The molecule has 0 saturated carbocycles. The smallest absolute Gasteiger partial charge is 0.254 e. The Morgan fingerprint density at radius 2 is 1.81 bits per heavy atom. The van der Waals surface area contributed by atoms with Crippen LogP contribution >= 0.6 is 22.9 Å². The van der Waals surface area contributed by atoms with Crippen molar-refractivity contribution in [1.29, 1.82) is 0 Å². The Morgan fingerprint density at radius 1 is 1.11 bits per heavy atom. The molecular weight excluding hydrogens is 378 g/mol. The molecule has 5 heteroatoms. The quantitative estimate of drug-likeness (QED) is 0.511. The molecule has 0 bridgehead atoms. The summed E-state index contributed by atoms with van der Waals surface area (Å²) in [5.41, 5.74) is 1.71. The average molecular weight is 400 g/mol. The zero-order chi connectivity index (χ0) is 19.2. The second kappa shape index (κ2) is 9.07. The van der Waals surface area contributed by atoms with E-state index in [1.165, 1.54) is 4.88 Å². The topological polar surface area (TPSA) is 29.5 Å². The number of halogens is 1. The molecule has 0 aliphatic heterocycles. The van der Waals surface area contributed by atoms with Crippen molar-refractivity contribution in [1.82, 2.24) is 4.90 Å². The number of nitrogens with zero attached hydrogens (tertiary/aromatic N) is 1. The summed E-state index contributed by atoms with van der Waals surface area (Å²) in [6.45, 7) is 2.63. The molecule has 27 heavy (non-hydrogen) atoms. The molecule has 0 N–H and O–H groups in total. The zero-order valence-corrected chi connectivity index (χ0v) is 17.0. The molecule has 140 valence electrons. The fourth-order valence-corrected chi connectivity index (χ4v) is 3.90. The van der Waals surface area contributed by atoms with E-state index in [0.717, 1.165) is 17.7 Å². The molecule has 1 heterocycles. The van der Waals surface area contributed by atoms with Crippen LogP contribution in [0.3, 0.4) is 0 Å². The van der Waals surface area contributed by atoms with Crippen LogP contribution < -0.4 is 4.74 Å². The van der Waals surface area contributed by atoms with E-state index in [1.807, 2.05) is 35.2 Å². The van der Waals surface area contributed by atoms with Crippen molar-refractivity contribution in [3.63, 3.8) is 0 Å². The van der Waals surface area contributed by atoms with E-state index in [-0.39, 0.29) is 11.9 Å². The summed E-state index contributed by atoms with van der Waals surface area (Å²) >= 11 is 7.69. The normalized spacial score (nSPS) is 11.8. The van der Waals surface area contributed by atoms with Gasteiger partial charge in [-0.25, -0.2) is 0 Å². The molecule has 0 radical (unpaired) electrons. The van der Waals surface area contributed by atoms with Crippen LogP contribution in [-0.4, -0.2) is 24.0 Å². The highest BCUT2D eigenvalue weighted by atomic mass is 35.5. The average Bonchev–Trinajstić information content (AvgIpc) is 3.19. The Hall–Kier alpha value is -2.30. The summed E-state index contributed by atoms with van der Waals surface area (Å²) in [4.78, 5) is 16.4. The maximum Gasteiger partial charge on any atom is 0.254 e. The number of ether oxygens (including phenoxy) is 1. The SMILES string of the molecule is COc1ccc(CN(C(=O)c2ccc(Cl)cc2)C(C)Cc2cccs2)cc1. The van der Waals surface area contributed by atoms with Crippen LogP contribution in [0.25, 0.3) is 0 Å². The maximum absolute atomic E-state index is 13.2. The number of carbonyl (C=O) groups excluding carboxylic acids is 1. The van der Waals surface area contributed by atoms with Gasteiger partial charge in [0.15, 0.2) is 0 Å². The molecule has 0 aliphatic carbocycles. The standard InChI is InChI=1S/C22H22ClNO2S/c1-16(14-21-4-3-13-27-21)24(15-17-5-11-20(26-2)12-6-17)22(25)18-7-9-19(23)10-8-18/h3-13,16H,14-15H2,1-2H3. The van der Waals surface area contributed by atoms with E-state index in [9.17, 15) is 4.79 Å². The molecule has 1 unspecified atom stereocenters. The van der Waals surface area contributed by atoms with E-state index in [1.54, 1.807) is 42.7 Å². The number of amides is 1. The highest BCUT2D eigenvalue weighted by Crippen LogP contribution is 2.21. The lowest BCUT2D eigenvalue weighted by Crippen LogP contribution is -2.39. The van der Waals surface area contributed by atoms with Crippen molar-refractivity contribution in [2.45, 2.75) is 25.9 Å². The molecule has 1 atom stereocenters. The van der Waals surface area contributed by atoms with Gasteiger partial charge in [-0.05, 0) is 60.3 Å². The number of methoxy groups -OCH3 is 1. The Morgan fingerprint density at radius 3 is 2.41 bits per heavy atom. The third kappa shape index (κ3) is 5.12. The van der Waals surface area contributed by atoms with E-state index >= 15 is 0 Å². The molecule has 3 nitrogen and oxygen atoms in total. The maximum atomic E-state index is 13.2. The molecule has 0 aliphatic rings. The van der Waals surface area contributed by atoms with Crippen LogP contribution in [0.2, 0.25) is 5.02 Å². The van der Waals surface area contributed by atoms with Gasteiger partial charge in [0, 0.05) is 34.5 Å². The number of rotatable bonds is 7. The van der Waals surface area contributed by atoms with Gasteiger partial charge in [0.1, 0.15) is 5.75 Å². The van der Waals surface area contributed by atoms with Crippen molar-refractivity contribution in [3.8, 4) is 5.75 Å². The summed E-state index contributed by atoms with van der Waals surface area (Å²) in [7, 11) is 1.65. The first-order valence-electron chi connectivity index (χ1n) is 8.78. The number of thiophene rings is 1. The van der Waals surface area contributed by atoms with Crippen molar-refractivity contribution in [2.75, 3.05) is 7.11 Å². The minimum absolute atomic E-state index is 0.00606. The summed E-state index contributed by atoms with van der Waals surface area (Å²) in [6.07, 6.45) is 0.827. The van der Waals surface area contributed by atoms with Crippen LogP contribution in [0, 0.1) is 0 Å². The number of hydrogen-bond acceptors (Lipinski definition) is 3. The highest BCUT2D eigenvalue weighted by molar-refractivity contribution is 7.09. The van der Waals surface area contributed by atoms with Gasteiger partial charge in [-0.2, -0.15) is 0 Å². The second-order valence-electron chi connectivity index (χ2n) is 6.42. The number of hydrogen-bond donors (Lipinski definition) is 0. The first-order chi connectivity index (χ1) is 13.1. The predicted molar refractivity (Wildman–Crippen MR) is 112 cm³/mol. The number of benzene rings is 2. The molecule has 0 saturated heterocycles. The van der Waals surface area contributed by atoms with Crippen molar-refractivity contribution >= 4 is 28.8 Å². The molecular formula is C22H22ClNO2S. The van der Waals surface area contributed by atoms with Gasteiger partial charge in [-0.15, -0.1) is 11.3 Å². The summed E-state index contributed by atoms with van der Waals surface area (Å²) in [5.74, 6) is 0.813. The van der Waals surface area contributed by atoms with Gasteiger partial charge in [-0.3, -0.25) is 4.79 Å². The minimum atomic E-state index is 0.00606. The first kappa shape index (κ1) is 19.5. The molecule has 2 aromatic carbocycles. The van der Waals surface area contributed by atoms with Crippen molar-refractivity contribution in [3.05, 3.63) is 87.1 Å². The number of carbonyl (C=O) groups is 1. The van der Waals surface area contributed by atoms with E-state index in [2.05, 4.69) is 18.4 Å². The van der Waals surface area contributed by atoms with Gasteiger partial charge < -0.3 is 9.64 Å². The Labute approximate surface area is 169 Å². The van der Waals surface area contributed by atoms with Gasteiger partial charge in [-0.1, -0.05) is 29.8 Å². The lowest BCUT2D eigenvalue weighted by atomic mass is 10.1. The summed E-state index contributed by atoms with van der Waals surface area (Å²) in [6, 6.07) is 19.1. The zero-order valence-electron chi connectivity index (χ0n) is 15.4. The molecule has 3 aromatic rings. The lowest BCUT2D eigenvalue weighted by molar-refractivity contribution is 0.0676. The Kier molecular flexibility index (Phi) is 6.54. The molecule has 1 amide bonds. The molecule has 0 fully saturated rings. The summed E-state index contributed by atoms with van der Waals surface area (Å²) < 4.78 is 5.23. The predicted octanol–water partition coefficient (Wildman–Crippen LogP) is 5.68. The monoisotopic (exact) mass is 399 g/mol. The third-order valence-electron chi connectivity index (χ3n) is 4.47. The second-order valence-corrected chi connectivity index (χ2v) is 7.89. The van der Waals surface area contributed by atoms with Crippen molar-refractivity contribution in [2.24, 2.45) is 0 Å². The minimum Gasteiger partial charge on any atom is -0.497 e. The van der Waals surface area contributed by atoms with Crippen LogP contribution in [0.15, 0.2) is 66.0 Å². The van der Waals surface area contributed by atoms with Gasteiger partial charge >= 0.3 is 0 Å². The fourth-order valence-electron chi connectivity index (χ4n) is 2.94. The van der Waals surface area contributed by atoms with E-state index in [4.69, 9.17) is 16.3 Å². The van der Waals surface area contributed by atoms with Crippen molar-refractivity contribution < 1.29 is 9.53 Å². The first-order valence-corrected chi connectivity index (χ1v) is 10.0. The van der Waals surface area contributed by atoms with E-state index < -0.39 is 0 Å². The highest BCUT2D eigenvalue weighted by Gasteiger charge is 2.22. The van der Waals surface area contributed by atoms with Crippen LogP contribution in [-0.2, 0) is 13.0 Å². The molecule has 1 aromatic heterocycles. The van der Waals surface area contributed by atoms with Crippen LogP contribution in [0.4, 0.5) is 0 Å². The van der Waals surface area contributed by atoms with Gasteiger partial charge in [0.05, 0.1) is 7.11 Å². The van der Waals surface area contributed by atoms with Gasteiger partial charge in [0.25, 0.3) is 5.91 Å². The van der Waals surface area contributed by atoms with Crippen LogP contribution in [0.5, 0.6) is 5.75 Å². The molecule has 0 spiro atoms. The summed E-state index contributed by atoms with van der Waals surface area (Å²) in [5, 5.41) is 2.69.